The molecule has 4 nitrogen and oxygen atoms in total. The number of amides is 2. The maximum absolute atomic E-state index is 12.7. The second kappa shape index (κ2) is 9.08. The van der Waals surface area contributed by atoms with E-state index in [0.29, 0.717) is 16.1 Å². The fourth-order valence-corrected chi connectivity index (χ4v) is 3.65. The SMILES string of the molecule is NC(=O)CSc1ccccc1C(=O)Nc1cccc(C#Cc2cccs2)c1. The Balaban J connectivity index is 1.75. The lowest BCUT2D eigenvalue weighted by Gasteiger charge is -2.09. The van der Waals surface area contributed by atoms with Gasteiger partial charge in [-0.05, 0) is 41.8 Å². The summed E-state index contributed by atoms with van der Waals surface area (Å²) < 4.78 is 0. The minimum Gasteiger partial charge on any atom is -0.369 e. The molecule has 2 aromatic carbocycles. The van der Waals surface area contributed by atoms with Crippen molar-refractivity contribution < 1.29 is 9.59 Å². The molecule has 0 aliphatic rings. The van der Waals surface area contributed by atoms with Crippen LogP contribution < -0.4 is 11.1 Å². The number of thiophene rings is 1. The highest BCUT2D eigenvalue weighted by molar-refractivity contribution is 8.00. The molecule has 1 aromatic heterocycles. The molecule has 0 bridgehead atoms. The Morgan fingerprint density at radius 1 is 1.04 bits per heavy atom. The van der Waals surface area contributed by atoms with Crippen molar-refractivity contribution in [1.82, 2.24) is 0 Å². The first kappa shape index (κ1) is 18.8. The van der Waals surface area contributed by atoms with E-state index < -0.39 is 5.91 Å². The van der Waals surface area contributed by atoms with Crippen LogP contribution in [0.5, 0.6) is 0 Å². The number of carbonyl (C=O) groups excluding carboxylic acids is 2. The van der Waals surface area contributed by atoms with Crippen LogP contribution >= 0.6 is 23.1 Å². The Bertz CT molecular complexity index is 1020. The minimum atomic E-state index is -0.424. The summed E-state index contributed by atoms with van der Waals surface area (Å²) in [5.74, 6) is 5.65. The van der Waals surface area contributed by atoms with Crippen molar-refractivity contribution in [2.75, 3.05) is 11.1 Å². The van der Waals surface area contributed by atoms with Crippen molar-refractivity contribution in [2.24, 2.45) is 5.73 Å². The van der Waals surface area contributed by atoms with Gasteiger partial charge in [0, 0.05) is 16.1 Å². The quantitative estimate of drug-likeness (QED) is 0.510. The second-order valence-corrected chi connectivity index (χ2v) is 7.48. The number of hydrogen-bond donors (Lipinski definition) is 2. The lowest BCUT2D eigenvalue weighted by atomic mass is 10.1. The summed E-state index contributed by atoms with van der Waals surface area (Å²) in [4.78, 5) is 25.4. The van der Waals surface area contributed by atoms with Crippen LogP contribution in [0.3, 0.4) is 0 Å². The van der Waals surface area contributed by atoms with Crippen LogP contribution in [-0.4, -0.2) is 17.6 Å². The Labute approximate surface area is 165 Å². The molecule has 2 amide bonds. The Morgan fingerprint density at radius 2 is 1.89 bits per heavy atom. The van der Waals surface area contributed by atoms with Gasteiger partial charge in [-0.1, -0.05) is 36.1 Å². The van der Waals surface area contributed by atoms with Gasteiger partial charge in [-0.2, -0.15) is 0 Å². The summed E-state index contributed by atoms with van der Waals surface area (Å²) in [6, 6.07) is 18.4. The van der Waals surface area contributed by atoms with E-state index in [-0.39, 0.29) is 11.7 Å². The predicted octanol–water partition coefficient (Wildman–Crippen LogP) is 3.98. The molecule has 0 saturated heterocycles. The molecule has 0 aliphatic heterocycles. The van der Waals surface area contributed by atoms with Crippen molar-refractivity contribution in [1.29, 1.82) is 0 Å². The van der Waals surface area contributed by atoms with E-state index >= 15 is 0 Å². The third-order valence-corrected chi connectivity index (χ3v) is 5.35. The standard InChI is InChI=1S/C21H16N2O2S2/c22-20(24)14-27-19-9-2-1-8-18(19)21(25)23-16-6-3-5-15(13-16)10-11-17-7-4-12-26-17/h1-9,12-13H,14H2,(H2,22,24)(H,23,25). The Hall–Kier alpha value is -3.01. The van der Waals surface area contributed by atoms with Gasteiger partial charge in [-0.3, -0.25) is 9.59 Å². The number of primary amides is 1. The van der Waals surface area contributed by atoms with E-state index in [1.54, 1.807) is 29.5 Å². The van der Waals surface area contributed by atoms with Crippen LogP contribution in [0.1, 0.15) is 20.8 Å². The predicted molar refractivity (Wildman–Crippen MR) is 111 cm³/mol. The Morgan fingerprint density at radius 3 is 2.67 bits per heavy atom. The zero-order chi connectivity index (χ0) is 19.1. The highest BCUT2D eigenvalue weighted by Gasteiger charge is 2.12. The van der Waals surface area contributed by atoms with E-state index in [0.717, 1.165) is 10.4 Å². The lowest BCUT2D eigenvalue weighted by Crippen LogP contribution is -2.15. The summed E-state index contributed by atoms with van der Waals surface area (Å²) in [6.07, 6.45) is 0. The van der Waals surface area contributed by atoms with Crippen molar-refractivity contribution in [3.05, 3.63) is 82.0 Å². The first-order valence-electron chi connectivity index (χ1n) is 8.09. The topological polar surface area (TPSA) is 72.2 Å². The molecule has 3 N–H and O–H groups in total. The summed E-state index contributed by atoms with van der Waals surface area (Å²) in [6.45, 7) is 0. The summed E-state index contributed by atoms with van der Waals surface area (Å²) >= 11 is 2.83. The van der Waals surface area contributed by atoms with Gasteiger partial charge in [-0.15, -0.1) is 23.1 Å². The number of anilines is 1. The molecule has 0 spiro atoms. The molecule has 0 radical (unpaired) electrons. The number of nitrogens with two attached hydrogens (primary N) is 1. The van der Waals surface area contributed by atoms with Gasteiger partial charge in [0.25, 0.3) is 5.91 Å². The number of carbonyl (C=O) groups is 2. The Kier molecular flexibility index (Phi) is 6.31. The molecule has 0 atom stereocenters. The number of thioether (sulfide) groups is 1. The van der Waals surface area contributed by atoms with Gasteiger partial charge in [0.1, 0.15) is 0 Å². The van der Waals surface area contributed by atoms with Crippen LogP contribution in [0.15, 0.2) is 70.9 Å². The van der Waals surface area contributed by atoms with E-state index in [1.165, 1.54) is 11.8 Å². The first-order valence-corrected chi connectivity index (χ1v) is 9.95. The van der Waals surface area contributed by atoms with Gasteiger partial charge < -0.3 is 11.1 Å². The fourth-order valence-electron chi connectivity index (χ4n) is 2.29. The first-order chi connectivity index (χ1) is 13.1. The van der Waals surface area contributed by atoms with Crippen molar-refractivity contribution in [2.45, 2.75) is 4.90 Å². The van der Waals surface area contributed by atoms with Crippen molar-refractivity contribution in [3.63, 3.8) is 0 Å². The molecular weight excluding hydrogens is 376 g/mol. The average Bonchev–Trinajstić information content (AvgIpc) is 3.19. The maximum Gasteiger partial charge on any atom is 0.256 e. The maximum atomic E-state index is 12.7. The fraction of sp³-hybridized carbons (Fsp3) is 0.0476. The molecule has 0 aliphatic carbocycles. The molecule has 3 rings (SSSR count). The second-order valence-electron chi connectivity index (χ2n) is 5.51. The van der Waals surface area contributed by atoms with Crippen LogP contribution in [0, 0.1) is 11.8 Å². The summed E-state index contributed by atoms with van der Waals surface area (Å²) in [5, 5.41) is 4.87. The summed E-state index contributed by atoms with van der Waals surface area (Å²) in [5.41, 5.74) is 7.17. The molecule has 27 heavy (non-hydrogen) atoms. The van der Waals surface area contributed by atoms with E-state index in [9.17, 15) is 9.59 Å². The third-order valence-electron chi connectivity index (χ3n) is 3.47. The van der Waals surface area contributed by atoms with E-state index in [1.807, 2.05) is 47.8 Å². The van der Waals surface area contributed by atoms with E-state index in [2.05, 4.69) is 17.2 Å². The molecule has 0 fully saturated rings. The lowest BCUT2D eigenvalue weighted by molar-refractivity contribution is -0.115. The zero-order valence-electron chi connectivity index (χ0n) is 14.3. The van der Waals surface area contributed by atoms with Gasteiger partial charge in [-0.25, -0.2) is 0 Å². The van der Waals surface area contributed by atoms with Crippen LogP contribution in [0.4, 0.5) is 5.69 Å². The largest absolute Gasteiger partial charge is 0.369 e. The average molecular weight is 393 g/mol. The van der Waals surface area contributed by atoms with E-state index in [4.69, 9.17) is 5.73 Å². The molecule has 0 unspecified atom stereocenters. The zero-order valence-corrected chi connectivity index (χ0v) is 15.9. The third kappa shape index (κ3) is 5.48. The van der Waals surface area contributed by atoms with Gasteiger partial charge in [0.15, 0.2) is 0 Å². The monoisotopic (exact) mass is 392 g/mol. The molecule has 0 saturated carbocycles. The van der Waals surface area contributed by atoms with Crippen LogP contribution in [0.2, 0.25) is 0 Å². The highest BCUT2D eigenvalue weighted by Crippen LogP contribution is 2.23. The van der Waals surface area contributed by atoms with Crippen molar-refractivity contribution >= 4 is 40.6 Å². The van der Waals surface area contributed by atoms with Gasteiger partial charge in [0.05, 0.1) is 16.2 Å². The number of rotatable bonds is 5. The highest BCUT2D eigenvalue weighted by atomic mass is 32.2. The van der Waals surface area contributed by atoms with Gasteiger partial charge in [0.2, 0.25) is 5.91 Å². The smallest absolute Gasteiger partial charge is 0.256 e. The van der Waals surface area contributed by atoms with Gasteiger partial charge >= 0.3 is 0 Å². The number of hydrogen-bond acceptors (Lipinski definition) is 4. The van der Waals surface area contributed by atoms with Crippen LogP contribution in [0.25, 0.3) is 0 Å². The van der Waals surface area contributed by atoms with Crippen molar-refractivity contribution in [3.8, 4) is 11.8 Å². The normalized spacial score (nSPS) is 9.93. The molecule has 6 heteroatoms. The molecule has 3 aromatic rings. The van der Waals surface area contributed by atoms with Crippen LogP contribution in [-0.2, 0) is 4.79 Å². The molecule has 134 valence electrons. The summed E-state index contributed by atoms with van der Waals surface area (Å²) in [7, 11) is 0. The molecular formula is C21H16N2O2S2. The molecule has 1 heterocycles. The number of nitrogens with one attached hydrogen (secondary N) is 1. The number of benzene rings is 2. The minimum absolute atomic E-state index is 0.123.